The molecule has 2 aromatic heterocycles. The lowest BCUT2D eigenvalue weighted by Crippen LogP contribution is -2.40. The van der Waals surface area contributed by atoms with Crippen molar-refractivity contribution in [2.75, 3.05) is 13.1 Å². The minimum Gasteiger partial charge on any atom is -0.393 e. The van der Waals surface area contributed by atoms with E-state index in [0.717, 1.165) is 11.3 Å². The Labute approximate surface area is 111 Å². The van der Waals surface area contributed by atoms with Crippen LogP contribution >= 0.6 is 0 Å². The van der Waals surface area contributed by atoms with Gasteiger partial charge in [-0.3, -0.25) is 4.79 Å². The first-order valence-electron chi connectivity index (χ1n) is 6.57. The maximum absolute atomic E-state index is 12.4. The lowest BCUT2D eigenvalue weighted by atomic mass is 10.1. The number of pyridine rings is 1. The van der Waals surface area contributed by atoms with Gasteiger partial charge in [0, 0.05) is 25.0 Å². The second-order valence-electron chi connectivity index (χ2n) is 5.04. The van der Waals surface area contributed by atoms with Crippen molar-refractivity contribution in [1.82, 2.24) is 14.3 Å². The molecular weight excluding hydrogens is 242 g/mol. The van der Waals surface area contributed by atoms with E-state index in [1.807, 2.05) is 29.5 Å². The number of carbonyl (C=O) groups excluding carboxylic acids is 1. The fraction of sp³-hybridized carbons (Fsp3) is 0.429. The Balaban J connectivity index is 1.87. The van der Waals surface area contributed by atoms with Gasteiger partial charge in [-0.1, -0.05) is 6.07 Å². The third-order valence-electron chi connectivity index (χ3n) is 3.67. The van der Waals surface area contributed by atoms with Gasteiger partial charge < -0.3 is 14.4 Å². The number of amides is 1. The molecule has 100 valence electrons. The molecule has 19 heavy (non-hydrogen) atoms. The van der Waals surface area contributed by atoms with E-state index in [0.29, 0.717) is 31.6 Å². The Bertz CT molecular complexity index is 612. The molecular formula is C14H17N3O2. The Kier molecular flexibility index (Phi) is 2.98. The van der Waals surface area contributed by atoms with Crippen molar-refractivity contribution in [3.05, 3.63) is 35.8 Å². The molecule has 3 heterocycles. The van der Waals surface area contributed by atoms with Crippen molar-refractivity contribution in [2.45, 2.75) is 25.9 Å². The van der Waals surface area contributed by atoms with Gasteiger partial charge in [-0.25, -0.2) is 4.98 Å². The highest BCUT2D eigenvalue weighted by Crippen LogP contribution is 2.15. The Morgan fingerprint density at radius 2 is 2.11 bits per heavy atom. The van der Waals surface area contributed by atoms with Crippen molar-refractivity contribution >= 4 is 11.6 Å². The van der Waals surface area contributed by atoms with Gasteiger partial charge in [-0.2, -0.15) is 0 Å². The van der Waals surface area contributed by atoms with Crippen LogP contribution in [0.1, 0.15) is 29.0 Å². The molecule has 0 unspecified atom stereocenters. The van der Waals surface area contributed by atoms with Gasteiger partial charge in [-0.05, 0) is 31.9 Å². The van der Waals surface area contributed by atoms with E-state index in [1.165, 1.54) is 0 Å². The zero-order valence-electron chi connectivity index (χ0n) is 10.9. The number of aliphatic hydroxyl groups is 1. The van der Waals surface area contributed by atoms with E-state index in [-0.39, 0.29) is 12.0 Å². The number of carbonyl (C=O) groups is 1. The molecule has 5 nitrogen and oxygen atoms in total. The molecule has 1 fully saturated rings. The van der Waals surface area contributed by atoms with Crippen LogP contribution in [0.25, 0.3) is 5.65 Å². The predicted octanol–water partition coefficient (Wildman–Crippen LogP) is 1.24. The first-order valence-corrected chi connectivity index (χ1v) is 6.57. The molecule has 0 aromatic carbocycles. The molecule has 0 bridgehead atoms. The summed E-state index contributed by atoms with van der Waals surface area (Å²) in [6.45, 7) is 3.19. The third kappa shape index (κ3) is 2.21. The van der Waals surface area contributed by atoms with Crippen molar-refractivity contribution < 1.29 is 9.90 Å². The lowest BCUT2D eigenvalue weighted by Gasteiger charge is -2.28. The highest BCUT2D eigenvalue weighted by atomic mass is 16.3. The van der Waals surface area contributed by atoms with Crippen molar-refractivity contribution in [2.24, 2.45) is 0 Å². The largest absolute Gasteiger partial charge is 0.393 e. The summed E-state index contributed by atoms with van der Waals surface area (Å²) >= 11 is 0. The fourth-order valence-corrected chi connectivity index (χ4v) is 2.48. The molecule has 0 spiro atoms. The number of fused-ring (bicyclic) bond motifs is 1. The molecule has 1 aliphatic rings. The molecule has 0 radical (unpaired) electrons. The van der Waals surface area contributed by atoms with Crippen LogP contribution in [0.15, 0.2) is 24.4 Å². The summed E-state index contributed by atoms with van der Waals surface area (Å²) in [7, 11) is 0. The summed E-state index contributed by atoms with van der Waals surface area (Å²) in [6, 6.07) is 5.81. The van der Waals surface area contributed by atoms with Crippen molar-refractivity contribution in [3.63, 3.8) is 0 Å². The number of nitrogens with zero attached hydrogens (tertiary/aromatic N) is 3. The van der Waals surface area contributed by atoms with Crippen LogP contribution in [-0.4, -0.2) is 44.5 Å². The van der Waals surface area contributed by atoms with Gasteiger partial charge in [0.05, 0.1) is 6.10 Å². The van der Waals surface area contributed by atoms with Crippen LogP contribution in [-0.2, 0) is 0 Å². The van der Waals surface area contributed by atoms with Crippen LogP contribution in [0, 0.1) is 6.92 Å². The van der Waals surface area contributed by atoms with Gasteiger partial charge in [0.1, 0.15) is 11.3 Å². The van der Waals surface area contributed by atoms with Crippen LogP contribution < -0.4 is 0 Å². The number of hydrogen-bond donors (Lipinski definition) is 1. The molecule has 0 saturated carbocycles. The SMILES string of the molecule is Cc1cccc2nc(C(=O)N3CCC(O)CC3)cn12. The average Bonchev–Trinajstić information content (AvgIpc) is 2.84. The van der Waals surface area contributed by atoms with Crippen molar-refractivity contribution in [3.8, 4) is 0 Å². The van der Waals surface area contributed by atoms with Crippen molar-refractivity contribution in [1.29, 1.82) is 0 Å². The normalized spacial score (nSPS) is 17.1. The highest BCUT2D eigenvalue weighted by Gasteiger charge is 2.24. The molecule has 1 N–H and O–H groups in total. The lowest BCUT2D eigenvalue weighted by molar-refractivity contribution is 0.0542. The van der Waals surface area contributed by atoms with Gasteiger partial charge in [-0.15, -0.1) is 0 Å². The second-order valence-corrected chi connectivity index (χ2v) is 5.04. The summed E-state index contributed by atoms with van der Waals surface area (Å²) in [6.07, 6.45) is 2.82. The highest BCUT2D eigenvalue weighted by molar-refractivity contribution is 5.93. The molecule has 5 heteroatoms. The molecule has 1 saturated heterocycles. The van der Waals surface area contributed by atoms with Gasteiger partial charge in [0.15, 0.2) is 0 Å². The summed E-state index contributed by atoms with van der Waals surface area (Å²) in [5.74, 6) is -0.0463. The Morgan fingerprint density at radius 3 is 2.79 bits per heavy atom. The van der Waals surface area contributed by atoms with E-state index >= 15 is 0 Å². The number of likely N-dealkylation sites (tertiary alicyclic amines) is 1. The smallest absolute Gasteiger partial charge is 0.274 e. The summed E-state index contributed by atoms with van der Waals surface area (Å²) in [4.78, 5) is 18.5. The quantitative estimate of drug-likeness (QED) is 0.838. The monoisotopic (exact) mass is 259 g/mol. The van der Waals surface area contributed by atoms with E-state index in [2.05, 4.69) is 4.98 Å². The number of hydrogen-bond acceptors (Lipinski definition) is 3. The summed E-state index contributed by atoms with van der Waals surface area (Å²) < 4.78 is 1.92. The number of aryl methyl sites for hydroxylation is 1. The average molecular weight is 259 g/mol. The molecule has 2 aromatic rings. The zero-order valence-corrected chi connectivity index (χ0v) is 10.9. The van der Waals surface area contributed by atoms with Crippen LogP contribution in [0.4, 0.5) is 0 Å². The van der Waals surface area contributed by atoms with Gasteiger partial charge >= 0.3 is 0 Å². The Morgan fingerprint density at radius 1 is 1.37 bits per heavy atom. The summed E-state index contributed by atoms with van der Waals surface area (Å²) in [5.41, 5.74) is 2.32. The van der Waals surface area contributed by atoms with E-state index in [9.17, 15) is 9.90 Å². The first kappa shape index (κ1) is 12.2. The predicted molar refractivity (Wildman–Crippen MR) is 71.1 cm³/mol. The fourth-order valence-electron chi connectivity index (χ4n) is 2.48. The molecule has 0 atom stereocenters. The maximum Gasteiger partial charge on any atom is 0.274 e. The number of imidazole rings is 1. The van der Waals surface area contributed by atoms with E-state index < -0.39 is 0 Å². The second kappa shape index (κ2) is 4.66. The number of rotatable bonds is 1. The standard InChI is InChI=1S/C14H17N3O2/c1-10-3-2-4-13-15-12(9-17(10)13)14(19)16-7-5-11(18)6-8-16/h2-4,9,11,18H,5-8H2,1H3. The third-order valence-corrected chi connectivity index (χ3v) is 3.67. The van der Waals surface area contributed by atoms with E-state index in [1.54, 1.807) is 11.1 Å². The zero-order chi connectivity index (χ0) is 13.4. The van der Waals surface area contributed by atoms with Crippen LogP contribution in [0.2, 0.25) is 0 Å². The van der Waals surface area contributed by atoms with E-state index in [4.69, 9.17) is 0 Å². The minimum absolute atomic E-state index is 0.0463. The first-order chi connectivity index (χ1) is 9.15. The Hall–Kier alpha value is -1.88. The van der Waals surface area contributed by atoms with Crippen LogP contribution in [0.5, 0.6) is 0 Å². The summed E-state index contributed by atoms with van der Waals surface area (Å²) in [5, 5.41) is 9.47. The molecule has 3 rings (SSSR count). The maximum atomic E-state index is 12.4. The molecule has 0 aliphatic carbocycles. The molecule has 1 aliphatic heterocycles. The van der Waals surface area contributed by atoms with Gasteiger partial charge in [0.25, 0.3) is 5.91 Å². The minimum atomic E-state index is -0.271. The van der Waals surface area contributed by atoms with Crippen LogP contribution in [0.3, 0.4) is 0 Å². The topological polar surface area (TPSA) is 57.8 Å². The molecule has 1 amide bonds. The number of piperidine rings is 1. The number of aromatic nitrogens is 2. The van der Waals surface area contributed by atoms with Gasteiger partial charge in [0.2, 0.25) is 0 Å². The number of aliphatic hydroxyl groups excluding tert-OH is 1.